The molecule has 2 aliphatic heterocycles. The van der Waals surface area contributed by atoms with Crippen LogP contribution in [0.4, 0.5) is 5.69 Å². The van der Waals surface area contributed by atoms with Crippen molar-refractivity contribution in [2.45, 2.75) is 50.5 Å². The molecule has 1 atom stereocenters. The molecule has 3 aliphatic rings. The van der Waals surface area contributed by atoms with Crippen LogP contribution in [0.5, 0.6) is 0 Å². The number of hydrogen-bond donors (Lipinski definition) is 2. The Bertz CT molecular complexity index is 1240. The van der Waals surface area contributed by atoms with Crippen LogP contribution < -0.4 is 10.6 Å². The second kappa shape index (κ2) is 10.7. The van der Waals surface area contributed by atoms with Gasteiger partial charge in [0, 0.05) is 36.7 Å². The summed E-state index contributed by atoms with van der Waals surface area (Å²) in [6, 6.07) is 11.5. The van der Waals surface area contributed by atoms with Gasteiger partial charge < -0.3 is 15.5 Å². The lowest BCUT2D eigenvalue weighted by Gasteiger charge is -2.32. The zero-order valence-electron chi connectivity index (χ0n) is 20.2. The number of hydrogen-bond acceptors (Lipinski definition) is 6. The molecule has 8 heteroatoms. The summed E-state index contributed by atoms with van der Waals surface area (Å²) in [5.74, 6) is 0.280. The topological polar surface area (TPSA) is 110 Å². The first-order chi connectivity index (χ1) is 17.6. The quantitative estimate of drug-likeness (QED) is 0.672. The molecular weight excluding hydrogens is 452 g/mol. The zero-order valence-corrected chi connectivity index (χ0v) is 20.2. The number of allylic oxidation sites excluding steroid dienone is 2. The first kappa shape index (κ1) is 23.7. The molecule has 36 heavy (non-hydrogen) atoms. The number of aromatic nitrogens is 1. The van der Waals surface area contributed by atoms with E-state index >= 15 is 0 Å². The average molecular weight is 483 g/mol. The number of benzene rings is 1. The van der Waals surface area contributed by atoms with E-state index in [2.05, 4.69) is 44.9 Å². The molecule has 0 saturated carbocycles. The van der Waals surface area contributed by atoms with Crippen molar-refractivity contribution in [2.24, 2.45) is 4.99 Å². The Morgan fingerprint density at radius 3 is 2.72 bits per heavy atom. The van der Waals surface area contributed by atoms with Crippen LogP contribution in [0.1, 0.15) is 65.9 Å². The molecule has 2 aromatic rings. The Balaban J connectivity index is 1.32. The van der Waals surface area contributed by atoms with Crippen molar-refractivity contribution in [3.05, 3.63) is 65.5 Å². The van der Waals surface area contributed by atoms with E-state index < -0.39 is 6.04 Å². The van der Waals surface area contributed by atoms with Gasteiger partial charge in [0.15, 0.2) is 5.84 Å². The first-order valence-corrected chi connectivity index (χ1v) is 12.7. The molecule has 0 bridgehead atoms. The van der Waals surface area contributed by atoms with Crippen LogP contribution in [0.25, 0.3) is 5.57 Å². The molecule has 8 nitrogen and oxygen atoms in total. The van der Waals surface area contributed by atoms with Crippen molar-refractivity contribution < 1.29 is 9.59 Å². The Labute approximate surface area is 211 Å². The Morgan fingerprint density at radius 2 is 2.03 bits per heavy atom. The maximum atomic E-state index is 12.8. The molecule has 1 aromatic carbocycles. The molecule has 5 rings (SSSR count). The monoisotopic (exact) mass is 482 g/mol. The summed E-state index contributed by atoms with van der Waals surface area (Å²) in [6.45, 7) is 1.71. The second-order valence-electron chi connectivity index (χ2n) is 9.56. The molecule has 1 fully saturated rings. The van der Waals surface area contributed by atoms with E-state index in [1.54, 1.807) is 18.5 Å². The van der Waals surface area contributed by atoms with E-state index in [0.29, 0.717) is 24.6 Å². The number of amidine groups is 1. The van der Waals surface area contributed by atoms with Gasteiger partial charge in [-0.1, -0.05) is 12.1 Å². The highest BCUT2D eigenvalue weighted by Gasteiger charge is 2.27. The first-order valence-electron chi connectivity index (χ1n) is 12.7. The molecule has 1 unspecified atom stereocenters. The largest absolute Gasteiger partial charge is 0.349 e. The van der Waals surface area contributed by atoms with Crippen LogP contribution in [0.15, 0.2) is 53.8 Å². The zero-order chi connectivity index (χ0) is 24.9. The van der Waals surface area contributed by atoms with E-state index in [4.69, 9.17) is 5.26 Å². The van der Waals surface area contributed by atoms with Gasteiger partial charge in [0.05, 0.1) is 18.2 Å². The molecular formula is C28H30N6O2. The van der Waals surface area contributed by atoms with Crippen LogP contribution in [0.2, 0.25) is 0 Å². The standard InChI is InChI=1S/C28H30N6O2/c29-16-23-18-31-26(32-23)27(35)33-25-9-8-21(15-24(25)20-5-2-1-3-6-20)19-10-13-34(14-11-19)28(36)22-7-4-12-30-17-22/h4-5,7-9,12,15,17,19,23H,1-3,6,10-11,13-14,18H2,(H,31,32)(H,33,35). The fourth-order valence-electron chi connectivity index (χ4n) is 5.19. The van der Waals surface area contributed by atoms with Crippen molar-refractivity contribution in [1.82, 2.24) is 15.2 Å². The van der Waals surface area contributed by atoms with Crippen LogP contribution in [-0.4, -0.2) is 53.2 Å². The van der Waals surface area contributed by atoms with Gasteiger partial charge in [0.1, 0.15) is 6.04 Å². The number of likely N-dealkylation sites (tertiary alicyclic amines) is 1. The van der Waals surface area contributed by atoms with Gasteiger partial charge in [-0.05, 0) is 79.8 Å². The SMILES string of the molecule is N#CC1CN=C(C(=O)Nc2ccc(C3CCN(C(=O)c4cccnc4)CC3)cc2C2=CCCCC2)N1. The van der Waals surface area contributed by atoms with E-state index in [0.717, 1.165) is 43.4 Å². The van der Waals surface area contributed by atoms with E-state index in [9.17, 15) is 9.59 Å². The molecule has 1 aliphatic carbocycles. The summed E-state index contributed by atoms with van der Waals surface area (Å²) >= 11 is 0. The number of nitriles is 1. The number of carbonyl (C=O) groups is 2. The molecule has 184 valence electrons. The van der Waals surface area contributed by atoms with Crippen LogP contribution in [0, 0.1) is 11.3 Å². The maximum Gasteiger partial charge on any atom is 0.290 e. The lowest BCUT2D eigenvalue weighted by molar-refractivity contribution is -0.110. The number of aliphatic imine (C=N–C) groups is 1. The lowest BCUT2D eigenvalue weighted by atomic mass is 9.85. The highest BCUT2D eigenvalue weighted by Crippen LogP contribution is 2.36. The predicted octanol–water partition coefficient (Wildman–Crippen LogP) is 3.89. The minimum atomic E-state index is -0.454. The van der Waals surface area contributed by atoms with Crippen molar-refractivity contribution in [3.8, 4) is 6.07 Å². The third-order valence-electron chi connectivity index (χ3n) is 7.20. The van der Waals surface area contributed by atoms with Crippen molar-refractivity contribution in [3.63, 3.8) is 0 Å². The second-order valence-corrected chi connectivity index (χ2v) is 9.56. The summed E-state index contributed by atoms with van der Waals surface area (Å²) in [6.07, 6.45) is 11.7. The van der Waals surface area contributed by atoms with Gasteiger partial charge in [0.2, 0.25) is 0 Å². The number of anilines is 1. The summed E-state index contributed by atoms with van der Waals surface area (Å²) in [4.78, 5) is 35.8. The highest BCUT2D eigenvalue weighted by atomic mass is 16.2. The van der Waals surface area contributed by atoms with Crippen molar-refractivity contribution in [1.29, 1.82) is 5.26 Å². The molecule has 3 heterocycles. The van der Waals surface area contributed by atoms with Gasteiger partial charge in [-0.25, -0.2) is 0 Å². The van der Waals surface area contributed by atoms with Crippen LogP contribution in [0.3, 0.4) is 0 Å². The van der Waals surface area contributed by atoms with Gasteiger partial charge in [-0.3, -0.25) is 19.6 Å². The Morgan fingerprint density at radius 1 is 1.17 bits per heavy atom. The number of amides is 2. The average Bonchev–Trinajstić information content (AvgIpc) is 3.44. The molecule has 1 aromatic heterocycles. The Kier molecular flexibility index (Phi) is 7.08. The third kappa shape index (κ3) is 5.15. The van der Waals surface area contributed by atoms with E-state index in [1.165, 1.54) is 17.6 Å². The molecule has 1 saturated heterocycles. The van der Waals surface area contributed by atoms with Gasteiger partial charge in [-0.2, -0.15) is 5.26 Å². The number of pyridine rings is 1. The number of nitrogens with zero attached hydrogens (tertiary/aromatic N) is 4. The summed E-state index contributed by atoms with van der Waals surface area (Å²) in [5.41, 5.74) is 4.96. The number of piperidine rings is 1. The molecule has 2 amide bonds. The molecule has 2 N–H and O–H groups in total. The summed E-state index contributed by atoms with van der Waals surface area (Å²) in [7, 11) is 0. The third-order valence-corrected chi connectivity index (χ3v) is 7.20. The lowest BCUT2D eigenvalue weighted by Crippen LogP contribution is -2.38. The molecule has 0 spiro atoms. The van der Waals surface area contributed by atoms with Crippen LogP contribution >= 0.6 is 0 Å². The predicted molar refractivity (Wildman–Crippen MR) is 138 cm³/mol. The van der Waals surface area contributed by atoms with Crippen molar-refractivity contribution >= 4 is 28.9 Å². The molecule has 0 radical (unpaired) electrons. The number of carbonyl (C=O) groups excluding carboxylic acids is 2. The fraction of sp³-hybridized carbons (Fsp3) is 0.393. The van der Waals surface area contributed by atoms with E-state index in [-0.39, 0.29) is 24.2 Å². The van der Waals surface area contributed by atoms with E-state index in [1.807, 2.05) is 17.0 Å². The summed E-state index contributed by atoms with van der Waals surface area (Å²) in [5, 5.41) is 15.0. The minimum Gasteiger partial charge on any atom is -0.349 e. The highest BCUT2D eigenvalue weighted by molar-refractivity contribution is 6.42. The van der Waals surface area contributed by atoms with Gasteiger partial charge in [0.25, 0.3) is 11.8 Å². The maximum absolute atomic E-state index is 12.8. The smallest absolute Gasteiger partial charge is 0.290 e. The van der Waals surface area contributed by atoms with Crippen molar-refractivity contribution in [2.75, 3.05) is 25.0 Å². The normalized spacial score (nSPS) is 20.1. The summed E-state index contributed by atoms with van der Waals surface area (Å²) < 4.78 is 0. The van der Waals surface area contributed by atoms with Gasteiger partial charge in [-0.15, -0.1) is 0 Å². The number of nitrogens with one attached hydrogen (secondary N) is 2. The van der Waals surface area contributed by atoms with Crippen LogP contribution in [-0.2, 0) is 4.79 Å². The number of rotatable bonds is 5. The fourth-order valence-corrected chi connectivity index (χ4v) is 5.19. The minimum absolute atomic E-state index is 0.0368. The van der Waals surface area contributed by atoms with Gasteiger partial charge >= 0.3 is 0 Å². The Hall–Kier alpha value is -3.99.